The molecule has 8 heteroatoms. The standard InChI is InChI=1S/C14H12FN3O4/c15-9-4-1-3-8(7-9)12-16-11(17-22-12)13(19)18-6-2-5-10(18)14(20)21/h1,3-4,7,10H,2,5-6H2,(H,20,21)/t10-/m0/s1. The first-order chi connectivity index (χ1) is 10.6. The number of benzene rings is 1. The van der Waals surface area contributed by atoms with Gasteiger partial charge in [-0.15, -0.1) is 0 Å². The van der Waals surface area contributed by atoms with E-state index in [0.29, 0.717) is 24.9 Å². The Labute approximate surface area is 124 Å². The summed E-state index contributed by atoms with van der Waals surface area (Å²) >= 11 is 0. The van der Waals surface area contributed by atoms with E-state index in [1.165, 1.54) is 23.1 Å². The van der Waals surface area contributed by atoms with Gasteiger partial charge in [-0.2, -0.15) is 4.98 Å². The van der Waals surface area contributed by atoms with Crippen LogP contribution in [0.4, 0.5) is 4.39 Å². The molecule has 0 radical (unpaired) electrons. The van der Waals surface area contributed by atoms with Crippen molar-refractivity contribution in [3.8, 4) is 11.5 Å². The molecule has 3 rings (SSSR count). The number of halogens is 1. The van der Waals surface area contributed by atoms with Crippen LogP contribution >= 0.6 is 0 Å². The molecule has 2 heterocycles. The summed E-state index contributed by atoms with van der Waals surface area (Å²) in [5.74, 6) is -2.34. The zero-order chi connectivity index (χ0) is 15.7. The van der Waals surface area contributed by atoms with Crippen molar-refractivity contribution in [1.82, 2.24) is 15.0 Å². The third kappa shape index (κ3) is 2.54. The average molecular weight is 305 g/mol. The second kappa shape index (κ2) is 5.55. The first kappa shape index (κ1) is 14.2. The van der Waals surface area contributed by atoms with Crippen LogP contribution in [0.5, 0.6) is 0 Å². The largest absolute Gasteiger partial charge is 0.480 e. The zero-order valence-corrected chi connectivity index (χ0v) is 11.4. The van der Waals surface area contributed by atoms with Gasteiger partial charge in [-0.25, -0.2) is 9.18 Å². The number of amides is 1. The SMILES string of the molecule is O=C(O)[C@@H]1CCCN1C(=O)c1noc(-c2cccc(F)c2)n1. The summed E-state index contributed by atoms with van der Waals surface area (Å²) in [7, 11) is 0. The van der Waals surface area contributed by atoms with Gasteiger partial charge in [0, 0.05) is 12.1 Å². The molecule has 2 aromatic rings. The zero-order valence-electron chi connectivity index (χ0n) is 11.4. The van der Waals surface area contributed by atoms with Crippen molar-refractivity contribution >= 4 is 11.9 Å². The van der Waals surface area contributed by atoms with Gasteiger partial charge in [-0.05, 0) is 31.0 Å². The fraction of sp³-hybridized carbons (Fsp3) is 0.286. The van der Waals surface area contributed by atoms with Gasteiger partial charge in [0.25, 0.3) is 17.6 Å². The molecule has 1 aliphatic heterocycles. The highest BCUT2D eigenvalue weighted by molar-refractivity contribution is 5.94. The lowest BCUT2D eigenvalue weighted by molar-refractivity contribution is -0.141. The van der Waals surface area contributed by atoms with E-state index in [0.717, 1.165) is 0 Å². The van der Waals surface area contributed by atoms with Crippen LogP contribution in [0.25, 0.3) is 11.5 Å². The molecule has 0 saturated carbocycles. The van der Waals surface area contributed by atoms with Crippen LogP contribution in [-0.2, 0) is 4.79 Å². The topological polar surface area (TPSA) is 96.5 Å². The van der Waals surface area contributed by atoms with E-state index in [4.69, 9.17) is 9.63 Å². The maximum Gasteiger partial charge on any atom is 0.326 e. The fourth-order valence-corrected chi connectivity index (χ4v) is 2.44. The van der Waals surface area contributed by atoms with Crippen molar-refractivity contribution in [2.75, 3.05) is 6.54 Å². The summed E-state index contributed by atoms with van der Waals surface area (Å²) in [6.45, 7) is 0.333. The molecule has 0 unspecified atom stereocenters. The third-order valence-corrected chi connectivity index (χ3v) is 3.49. The van der Waals surface area contributed by atoms with Crippen molar-refractivity contribution in [2.45, 2.75) is 18.9 Å². The number of nitrogens with zero attached hydrogens (tertiary/aromatic N) is 3. The number of carboxylic acids is 1. The summed E-state index contributed by atoms with van der Waals surface area (Å²) in [4.78, 5) is 28.5. The van der Waals surface area contributed by atoms with Crippen LogP contribution in [0.3, 0.4) is 0 Å². The Kier molecular flexibility index (Phi) is 3.58. The van der Waals surface area contributed by atoms with E-state index >= 15 is 0 Å². The van der Waals surface area contributed by atoms with Crippen molar-refractivity contribution in [2.24, 2.45) is 0 Å². The van der Waals surface area contributed by atoms with Crippen LogP contribution in [0.1, 0.15) is 23.5 Å². The van der Waals surface area contributed by atoms with Crippen molar-refractivity contribution in [1.29, 1.82) is 0 Å². The van der Waals surface area contributed by atoms with Gasteiger partial charge < -0.3 is 14.5 Å². The van der Waals surface area contributed by atoms with Gasteiger partial charge in [-0.3, -0.25) is 4.79 Å². The lowest BCUT2D eigenvalue weighted by Crippen LogP contribution is -2.40. The molecule has 0 spiro atoms. The maximum absolute atomic E-state index is 13.2. The lowest BCUT2D eigenvalue weighted by atomic mass is 10.2. The second-order valence-electron chi connectivity index (χ2n) is 4.93. The molecular weight excluding hydrogens is 293 g/mol. The number of hydrogen-bond donors (Lipinski definition) is 1. The Morgan fingerprint density at radius 1 is 1.41 bits per heavy atom. The minimum absolute atomic E-state index is 0.00826. The first-order valence-corrected chi connectivity index (χ1v) is 6.69. The van der Waals surface area contributed by atoms with E-state index in [2.05, 4.69) is 10.1 Å². The summed E-state index contributed by atoms with van der Waals surface area (Å²) in [5.41, 5.74) is 0.350. The van der Waals surface area contributed by atoms with Crippen molar-refractivity contribution in [3.63, 3.8) is 0 Å². The highest BCUT2D eigenvalue weighted by atomic mass is 19.1. The third-order valence-electron chi connectivity index (χ3n) is 3.49. The van der Waals surface area contributed by atoms with Crippen LogP contribution < -0.4 is 0 Å². The molecule has 1 N–H and O–H groups in total. The molecule has 114 valence electrons. The van der Waals surface area contributed by atoms with Crippen molar-refractivity contribution in [3.05, 3.63) is 35.9 Å². The Hall–Kier alpha value is -2.77. The average Bonchev–Trinajstić information content (AvgIpc) is 3.16. The molecule has 1 fully saturated rings. The number of aromatic nitrogens is 2. The molecule has 1 amide bonds. The highest BCUT2D eigenvalue weighted by Gasteiger charge is 2.36. The normalized spacial score (nSPS) is 17.7. The van der Waals surface area contributed by atoms with E-state index < -0.39 is 23.7 Å². The fourth-order valence-electron chi connectivity index (χ4n) is 2.44. The number of carbonyl (C=O) groups excluding carboxylic acids is 1. The van der Waals surface area contributed by atoms with Gasteiger partial charge in [0.1, 0.15) is 11.9 Å². The number of rotatable bonds is 3. The number of carboxylic acid groups (broad SMARTS) is 1. The highest BCUT2D eigenvalue weighted by Crippen LogP contribution is 2.22. The molecule has 22 heavy (non-hydrogen) atoms. The number of aliphatic carboxylic acids is 1. The number of hydrogen-bond acceptors (Lipinski definition) is 5. The molecule has 0 aliphatic carbocycles. The molecular formula is C14H12FN3O4. The quantitative estimate of drug-likeness (QED) is 0.924. The van der Waals surface area contributed by atoms with Crippen LogP contribution in [0.2, 0.25) is 0 Å². The summed E-state index contributed by atoms with van der Waals surface area (Å²) in [5, 5.41) is 12.7. The molecule has 0 bridgehead atoms. The number of carbonyl (C=O) groups is 2. The van der Waals surface area contributed by atoms with Gasteiger partial charge in [0.15, 0.2) is 0 Å². The van der Waals surface area contributed by atoms with Crippen molar-refractivity contribution < 1.29 is 23.6 Å². The predicted molar refractivity (Wildman–Crippen MR) is 71.4 cm³/mol. The van der Waals surface area contributed by atoms with Crippen LogP contribution in [-0.4, -0.2) is 44.6 Å². The van der Waals surface area contributed by atoms with Gasteiger partial charge in [0.2, 0.25) is 0 Å². The molecule has 1 aromatic carbocycles. The van der Waals surface area contributed by atoms with E-state index in [9.17, 15) is 14.0 Å². The van der Waals surface area contributed by atoms with Crippen LogP contribution in [0.15, 0.2) is 28.8 Å². The molecule has 1 aromatic heterocycles. The minimum atomic E-state index is -1.06. The molecule has 1 atom stereocenters. The Morgan fingerprint density at radius 3 is 2.95 bits per heavy atom. The van der Waals surface area contributed by atoms with Crippen LogP contribution in [0, 0.1) is 5.82 Å². The smallest absolute Gasteiger partial charge is 0.326 e. The lowest BCUT2D eigenvalue weighted by Gasteiger charge is -2.19. The van der Waals surface area contributed by atoms with Gasteiger partial charge in [-0.1, -0.05) is 11.2 Å². The number of likely N-dealkylation sites (tertiary alicyclic amines) is 1. The predicted octanol–water partition coefficient (Wildman–Crippen LogP) is 1.56. The first-order valence-electron chi connectivity index (χ1n) is 6.69. The van der Waals surface area contributed by atoms with E-state index in [1.807, 2.05) is 0 Å². The van der Waals surface area contributed by atoms with Gasteiger partial charge >= 0.3 is 5.97 Å². The molecule has 7 nitrogen and oxygen atoms in total. The van der Waals surface area contributed by atoms with E-state index in [1.54, 1.807) is 6.07 Å². The minimum Gasteiger partial charge on any atom is -0.480 e. The Balaban J connectivity index is 1.84. The summed E-state index contributed by atoms with van der Waals surface area (Å²) in [6.07, 6.45) is 1.01. The second-order valence-corrected chi connectivity index (χ2v) is 4.93. The molecule has 1 saturated heterocycles. The Morgan fingerprint density at radius 2 is 2.23 bits per heavy atom. The van der Waals surface area contributed by atoms with Gasteiger partial charge in [0.05, 0.1) is 0 Å². The monoisotopic (exact) mass is 305 g/mol. The summed E-state index contributed by atoms with van der Waals surface area (Å²) in [6, 6.07) is 4.66. The summed E-state index contributed by atoms with van der Waals surface area (Å²) < 4.78 is 18.1. The Bertz CT molecular complexity index is 730. The maximum atomic E-state index is 13.2. The van der Waals surface area contributed by atoms with E-state index in [-0.39, 0.29) is 11.7 Å². The molecule has 1 aliphatic rings.